The number of ether oxygens (including phenoxy) is 2. The number of amides is 1. The van der Waals surface area contributed by atoms with Crippen LogP contribution in [-0.2, 0) is 0 Å². The second-order valence-electron chi connectivity index (χ2n) is 8.00. The van der Waals surface area contributed by atoms with Crippen LogP contribution in [0.2, 0.25) is 0 Å². The van der Waals surface area contributed by atoms with E-state index in [0.29, 0.717) is 30.4 Å². The Hall–Kier alpha value is -3.09. The van der Waals surface area contributed by atoms with Crippen molar-refractivity contribution in [2.24, 2.45) is 0 Å². The van der Waals surface area contributed by atoms with E-state index in [1.165, 1.54) is 0 Å². The zero-order valence-corrected chi connectivity index (χ0v) is 16.6. The zero-order chi connectivity index (χ0) is 20.0. The highest BCUT2D eigenvalue weighted by molar-refractivity contribution is 6.05. The maximum Gasteiger partial charge on any atom is 0.252 e. The fraction of sp³-hybridized carbons (Fsp3) is 0.409. The molecular weight excluding hydrogens is 368 g/mol. The average molecular weight is 392 g/mol. The molecule has 1 aromatic carbocycles. The van der Waals surface area contributed by atoms with Crippen LogP contribution < -0.4 is 14.8 Å². The Balaban J connectivity index is 1.37. The molecule has 1 N–H and O–H groups in total. The van der Waals surface area contributed by atoms with Gasteiger partial charge in [0.2, 0.25) is 0 Å². The van der Waals surface area contributed by atoms with E-state index in [2.05, 4.69) is 24.3 Å². The van der Waals surface area contributed by atoms with Crippen molar-refractivity contribution in [3.8, 4) is 11.5 Å². The average Bonchev–Trinajstić information content (AvgIpc) is 3.49. The molecular formula is C22H24N4O3. The number of fused-ring (bicyclic) bond motifs is 2. The van der Waals surface area contributed by atoms with E-state index >= 15 is 0 Å². The number of pyridine rings is 1. The molecule has 3 aromatic rings. The number of benzene rings is 1. The van der Waals surface area contributed by atoms with Gasteiger partial charge in [0.15, 0.2) is 17.1 Å². The molecule has 150 valence electrons. The van der Waals surface area contributed by atoms with Crippen LogP contribution in [0.4, 0.5) is 0 Å². The molecule has 0 bridgehead atoms. The summed E-state index contributed by atoms with van der Waals surface area (Å²) >= 11 is 0. The normalized spacial score (nSPS) is 18.2. The van der Waals surface area contributed by atoms with Gasteiger partial charge in [0.05, 0.1) is 23.7 Å². The molecule has 0 unspecified atom stereocenters. The first-order valence-electron chi connectivity index (χ1n) is 10.1. The van der Waals surface area contributed by atoms with Crippen molar-refractivity contribution in [1.82, 2.24) is 20.1 Å². The number of rotatable bonds is 5. The molecule has 7 nitrogen and oxygen atoms in total. The Kier molecular flexibility index (Phi) is 4.38. The molecule has 3 heterocycles. The molecule has 29 heavy (non-hydrogen) atoms. The smallest absolute Gasteiger partial charge is 0.252 e. The molecule has 0 spiro atoms. The van der Waals surface area contributed by atoms with Crippen LogP contribution in [0.1, 0.15) is 54.7 Å². The van der Waals surface area contributed by atoms with Crippen molar-refractivity contribution < 1.29 is 14.3 Å². The van der Waals surface area contributed by atoms with E-state index in [9.17, 15) is 4.79 Å². The third kappa shape index (κ3) is 3.41. The molecule has 1 amide bonds. The fourth-order valence-electron chi connectivity index (χ4n) is 3.66. The summed E-state index contributed by atoms with van der Waals surface area (Å²) in [4.78, 5) is 17.9. The Labute approximate surface area is 169 Å². The molecule has 0 radical (unpaired) electrons. The monoisotopic (exact) mass is 392 g/mol. The number of nitrogens with zero attached hydrogens (tertiary/aromatic N) is 3. The van der Waals surface area contributed by atoms with Crippen LogP contribution in [0, 0.1) is 0 Å². The largest absolute Gasteiger partial charge is 0.486 e. The predicted molar refractivity (Wildman–Crippen MR) is 109 cm³/mol. The first-order chi connectivity index (χ1) is 14.1. The van der Waals surface area contributed by atoms with Gasteiger partial charge in [0, 0.05) is 17.7 Å². The van der Waals surface area contributed by atoms with Gasteiger partial charge in [-0.3, -0.25) is 4.79 Å². The lowest BCUT2D eigenvalue weighted by atomic mass is 10.1. The summed E-state index contributed by atoms with van der Waals surface area (Å²) in [5.74, 6) is 1.76. The summed E-state index contributed by atoms with van der Waals surface area (Å²) in [6.45, 7) is 4.90. The van der Waals surface area contributed by atoms with E-state index in [1.54, 1.807) is 6.20 Å². The maximum absolute atomic E-state index is 13.0. The Morgan fingerprint density at radius 3 is 2.83 bits per heavy atom. The van der Waals surface area contributed by atoms with Gasteiger partial charge >= 0.3 is 0 Å². The lowest BCUT2D eigenvalue weighted by molar-refractivity contribution is 0.0790. The van der Waals surface area contributed by atoms with Crippen molar-refractivity contribution in [2.45, 2.75) is 44.8 Å². The van der Waals surface area contributed by atoms with Crippen molar-refractivity contribution in [2.75, 3.05) is 13.2 Å². The molecule has 1 fully saturated rings. The number of para-hydroxylation sites is 2. The lowest BCUT2D eigenvalue weighted by Crippen LogP contribution is -2.40. The van der Waals surface area contributed by atoms with Crippen LogP contribution in [0.25, 0.3) is 11.0 Å². The predicted octanol–water partition coefficient (Wildman–Crippen LogP) is 3.46. The first kappa shape index (κ1) is 18.0. The minimum Gasteiger partial charge on any atom is -0.486 e. The standard InChI is InChI=1S/C22H24N4O3/c1-13(2)26-21-17(11-24-26)16(9-18(25-21)14-7-8-14)22(27)23-10-15-12-28-19-5-3-4-6-20(19)29-15/h3-6,9,11,13-15H,7-8,10,12H2,1-2H3,(H,23,27)/t15-/m1/s1. The summed E-state index contributed by atoms with van der Waals surface area (Å²) in [5, 5.41) is 8.26. The topological polar surface area (TPSA) is 78.3 Å². The highest BCUT2D eigenvalue weighted by atomic mass is 16.6. The summed E-state index contributed by atoms with van der Waals surface area (Å²) in [6.07, 6.45) is 3.77. The van der Waals surface area contributed by atoms with Crippen LogP contribution in [-0.4, -0.2) is 39.9 Å². The number of aromatic nitrogens is 3. The highest BCUT2D eigenvalue weighted by Crippen LogP contribution is 2.40. The van der Waals surface area contributed by atoms with Gasteiger partial charge in [-0.2, -0.15) is 5.10 Å². The van der Waals surface area contributed by atoms with E-state index in [0.717, 1.165) is 35.3 Å². The molecule has 1 aliphatic heterocycles. The van der Waals surface area contributed by atoms with E-state index in [4.69, 9.17) is 14.5 Å². The minimum absolute atomic E-state index is 0.134. The summed E-state index contributed by atoms with van der Waals surface area (Å²) in [7, 11) is 0. The van der Waals surface area contributed by atoms with Crippen molar-refractivity contribution in [3.63, 3.8) is 0 Å². The summed E-state index contributed by atoms with van der Waals surface area (Å²) < 4.78 is 13.6. The van der Waals surface area contributed by atoms with Crippen molar-refractivity contribution in [1.29, 1.82) is 0 Å². The van der Waals surface area contributed by atoms with Gasteiger partial charge < -0.3 is 14.8 Å². The van der Waals surface area contributed by atoms with Crippen LogP contribution in [0.5, 0.6) is 11.5 Å². The van der Waals surface area contributed by atoms with Crippen molar-refractivity contribution >= 4 is 16.9 Å². The Bertz CT molecular complexity index is 1070. The third-order valence-corrected chi connectivity index (χ3v) is 5.37. The number of hydrogen-bond donors (Lipinski definition) is 1. The molecule has 1 aliphatic carbocycles. The van der Waals surface area contributed by atoms with Gasteiger partial charge in [-0.1, -0.05) is 12.1 Å². The third-order valence-electron chi connectivity index (χ3n) is 5.37. The molecule has 0 saturated heterocycles. The van der Waals surface area contributed by atoms with Crippen molar-refractivity contribution in [3.05, 3.63) is 47.8 Å². The van der Waals surface area contributed by atoms with E-state index in [1.807, 2.05) is 35.0 Å². The van der Waals surface area contributed by atoms with Gasteiger partial charge in [-0.25, -0.2) is 9.67 Å². The number of hydrogen-bond acceptors (Lipinski definition) is 5. The molecule has 1 saturated carbocycles. The van der Waals surface area contributed by atoms with Crippen LogP contribution in [0.3, 0.4) is 0 Å². The number of carbonyl (C=O) groups excluding carboxylic acids is 1. The van der Waals surface area contributed by atoms with Crippen LogP contribution in [0.15, 0.2) is 36.5 Å². The Morgan fingerprint density at radius 1 is 1.28 bits per heavy atom. The van der Waals surface area contributed by atoms with Gasteiger partial charge in [0.1, 0.15) is 12.7 Å². The number of nitrogens with one attached hydrogen (secondary N) is 1. The Morgan fingerprint density at radius 2 is 2.07 bits per heavy atom. The van der Waals surface area contributed by atoms with Gasteiger partial charge in [-0.15, -0.1) is 0 Å². The molecule has 1 atom stereocenters. The molecule has 5 rings (SSSR count). The quantitative estimate of drug-likeness (QED) is 0.719. The van der Waals surface area contributed by atoms with Gasteiger partial charge in [-0.05, 0) is 44.9 Å². The SMILES string of the molecule is CC(C)n1ncc2c(C(=O)NC[C@@H]3COc4ccccc4O3)cc(C3CC3)nc21. The fourth-order valence-corrected chi connectivity index (χ4v) is 3.66. The second-order valence-corrected chi connectivity index (χ2v) is 8.00. The minimum atomic E-state index is -0.229. The summed E-state index contributed by atoms with van der Waals surface area (Å²) in [6, 6.07) is 9.67. The molecule has 2 aliphatic rings. The molecule has 2 aromatic heterocycles. The zero-order valence-electron chi connectivity index (χ0n) is 16.6. The van der Waals surface area contributed by atoms with Gasteiger partial charge in [0.25, 0.3) is 5.91 Å². The number of carbonyl (C=O) groups is 1. The maximum atomic E-state index is 13.0. The lowest BCUT2D eigenvalue weighted by Gasteiger charge is -2.26. The second kappa shape index (κ2) is 7.06. The summed E-state index contributed by atoms with van der Waals surface area (Å²) in [5.41, 5.74) is 2.39. The highest BCUT2D eigenvalue weighted by Gasteiger charge is 2.29. The van der Waals surface area contributed by atoms with Crippen LogP contribution >= 0.6 is 0 Å². The first-order valence-corrected chi connectivity index (χ1v) is 10.1. The molecule has 7 heteroatoms. The van der Waals surface area contributed by atoms with E-state index < -0.39 is 0 Å². The van der Waals surface area contributed by atoms with E-state index in [-0.39, 0.29) is 18.1 Å².